The van der Waals surface area contributed by atoms with Gasteiger partial charge < -0.3 is 4.42 Å². The smallest absolute Gasteiger partial charge is 0.165 e. The molecule has 5 heteroatoms. The van der Waals surface area contributed by atoms with Gasteiger partial charge in [0.1, 0.15) is 11.2 Å². The van der Waals surface area contributed by atoms with Crippen LogP contribution in [-0.4, -0.2) is 15.0 Å². The summed E-state index contributed by atoms with van der Waals surface area (Å²) in [6, 6.07) is 24.8. The van der Waals surface area contributed by atoms with E-state index >= 15 is 0 Å². The van der Waals surface area contributed by atoms with Crippen molar-refractivity contribution in [1.82, 2.24) is 15.0 Å². The Hall–Kier alpha value is -6.43. The van der Waals surface area contributed by atoms with Gasteiger partial charge >= 0.3 is 0 Å². The molecule has 0 saturated heterocycles. The highest BCUT2D eigenvalue weighted by Gasteiger charge is 2.18. The molecule has 10 rings (SSSR count). The SMILES string of the molecule is [2H]c1c([2H])c([2H])c(-c2c([2H])c([2H])c3sc4c(-c5nc(-c6ccc(-c7ccccc7)cc6)nc(-c6ccc7c(c6)oc6ccccc67)n5)c([2H])c([2H])c([2H])c4c3c2[2H])c([2H])c1[2H]. The van der Waals surface area contributed by atoms with E-state index in [0.29, 0.717) is 22.3 Å². The zero-order valence-electron chi connectivity index (χ0n) is 36.9. The van der Waals surface area contributed by atoms with Crippen LogP contribution in [0.4, 0.5) is 0 Å². The van der Waals surface area contributed by atoms with E-state index in [0.717, 1.165) is 33.2 Å². The Morgan fingerprint density at radius 3 is 2.02 bits per heavy atom. The van der Waals surface area contributed by atoms with Gasteiger partial charge in [0.25, 0.3) is 0 Å². The Morgan fingerprint density at radius 1 is 0.460 bits per heavy atom. The molecule has 0 unspecified atom stereocenters. The number of thiophene rings is 1. The van der Waals surface area contributed by atoms with E-state index in [4.69, 9.17) is 31.7 Å². The second-order valence-corrected chi connectivity index (χ2v) is 12.6. The summed E-state index contributed by atoms with van der Waals surface area (Å²) in [4.78, 5) is 14.7. The fourth-order valence-corrected chi connectivity index (χ4v) is 7.19. The number of rotatable bonds is 5. The molecule has 0 bridgehead atoms. The number of hydrogen-bond acceptors (Lipinski definition) is 5. The van der Waals surface area contributed by atoms with Gasteiger partial charge in [-0.3, -0.25) is 0 Å². The van der Waals surface area contributed by atoms with Gasteiger partial charge in [0.05, 0.1) is 15.1 Å². The lowest BCUT2D eigenvalue weighted by Gasteiger charge is -2.10. The number of aromatic nitrogens is 3. The largest absolute Gasteiger partial charge is 0.456 e. The van der Waals surface area contributed by atoms with Crippen molar-refractivity contribution in [2.45, 2.75) is 0 Å². The number of benzene rings is 7. The van der Waals surface area contributed by atoms with Crippen molar-refractivity contribution in [3.63, 3.8) is 0 Å². The summed E-state index contributed by atoms with van der Waals surface area (Å²) >= 11 is 0.939. The Balaban J connectivity index is 1.25. The predicted molar refractivity (Wildman–Crippen MR) is 207 cm³/mol. The normalized spacial score (nSPS) is 14.7. The highest BCUT2D eigenvalue weighted by atomic mass is 32.1. The molecule has 0 fully saturated rings. The molecule has 4 nitrogen and oxygen atoms in total. The van der Waals surface area contributed by atoms with Crippen LogP contribution in [0.2, 0.25) is 0 Å². The zero-order chi connectivity index (χ0) is 42.6. The van der Waals surface area contributed by atoms with Crippen molar-refractivity contribution in [2.75, 3.05) is 0 Å². The first kappa shape index (κ1) is 19.5. The van der Waals surface area contributed by atoms with Crippen LogP contribution in [0.25, 0.3) is 98.5 Å². The highest BCUT2D eigenvalue weighted by molar-refractivity contribution is 7.26. The van der Waals surface area contributed by atoms with Gasteiger partial charge in [-0.1, -0.05) is 127 Å². The Labute approximate surface area is 307 Å². The monoisotopic (exact) mass is 668 g/mol. The van der Waals surface area contributed by atoms with Crippen molar-refractivity contribution in [2.24, 2.45) is 0 Å². The minimum absolute atomic E-state index is 0.0121. The summed E-state index contributed by atoms with van der Waals surface area (Å²) in [5, 5.41) is 1.83. The lowest BCUT2D eigenvalue weighted by molar-refractivity contribution is 0.669. The molecule has 10 aromatic rings. The van der Waals surface area contributed by atoms with Gasteiger partial charge in [-0.15, -0.1) is 11.3 Å². The second kappa shape index (κ2) is 11.6. The average Bonchev–Trinajstić information content (AvgIpc) is 3.87. The second-order valence-electron chi connectivity index (χ2n) is 11.6. The van der Waals surface area contributed by atoms with Crippen LogP contribution in [0.15, 0.2) is 168 Å². The van der Waals surface area contributed by atoms with Crippen molar-refractivity contribution in [3.8, 4) is 56.4 Å². The number of fused-ring (bicyclic) bond motifs is 6. The lowest BCUT2D eigenvalue weighted by Crippen LogP contribution is -2.00. The quantitative estimate of drug-likeness (QED) is 0.183. The van der Waals surface area contributed by atoms with Crippen LogP contribution in [0.1, 0.15) is 15.1 Å². The molecule has 0 aliphatic carbocycles. The molecule has 50 heavy (non-hydrogen) atoms. The molecule has 0 atom stereocenters. The topological polar surface area (TPSA) is 51.8 Å². The third-order valence-corrected chi connectivity index (χ3v) is 9.68. The molecule has 0 radical (unpaired) electrons. The molecule has 0 aliphatic rings. The molecule has 7 aromatic carbocycles. The van der Waals surface area contributed by atoms with Crippen molar-refractivity contribution in [3.05, 3.63) is 164 Å². The fourth-order valence-electron chi connectivity index (χ4n) is 6.13. The van der Waals surface area contributed by atoms with E-state index in [1.54, 1.807) is 0 Å². The third-order valence-electron chi connectivity index (χ3n) is 8.56. The van der Waals surface area contributed by atoms with E-state index in [9.17, 15) is 2.74 Å². The zero-order valence-corrected chi connectivity index (χ0v) is 26.7. The maximum absolute atomic E-state index is 9.40. The summed E-state index contributed by atoms with van der Waals surface area (Å²) in [6.45, 7) is 0. The Bertz CT molecular complexity index is 3470. The molecule has 3 aromatic heterocycles. The van der Waals surface area contributed by atoms with Gasteiger partial charge in [-0.2, -0.15) is 0 Å². The maximum Gasteiger partial charge on any atom is 0.165 e. The van der Waals surface area contributed by atoms with Gasteiger partial charge in [-0.25, -0.2) is 15.0 Å². The van der Waals surface area contributed by atoms with E-state index in [-0.39, 0.29) is 54.8 Å². The summed E-state index contributed by atoms with van der Waals surface area (Å²) in [5.74, 6) is 0.463. The fraction of sp³-hybridized carbons (Fsp3) is 0. The van der Waals surface area contributed by atoms with E-state index in [1.165, 1.54) is 0 Å². The van der Waals surface area contributed by atoms with E-state index in [2.05, 4.69) is 0 Å². The van der Waals surface area contributed by atoms with Crippen LogP contribution in [0.5, 0.6) is 0 Å². The average molecular weight is 669 g/mol. The number of hydrogen-bond donors (Lipinski definition) is 0. The first-order valence-electron chi connectivity index (χ1n) is 21.2. The molecule has 0 saturated carbocycles. The first-order valence-corrected chi connectivity index (χ1v) is 16.5. The summed E-state index contributed by atoms with van der Waals surface area (Å²) in [7, 11) is 0. The van der Waals surface area contributed by atoms with Crippen LogP contribution >= 0.6 is 11.3 Å². The number of furan rings is 1. The standard InChI is InChI=1S/C45H27N3OS/c1-3-10-28(11-4-1)30-18-20-31(21-19-30)43-46-44(33-22-24-35-34-14-7-8-17-39(34)49-40(35)27-33)48-45(47-43)37-16-9-15-36-38-26-32(29-12-5-2-6-13-29)23-25-41(38)50-42(36)37/h1-27H/i2D,5D,6D,9D,12D,13D,15D,16D,23D,25D,26D. The lowest BCUT2D eigenvalue weighted by atomic mass is 10.0. The summed E-state index contributed by atoms with van der Waals surface area (Å²) in [5.41, 5.74) is 3.74. The highest BCUT2D eigenvalue weighted by Crippen LogP contribution is 2.41. The van der Waals surface area contributed by atoms with Gasteiger partial charge in [0, 0.05) is 47.6 Å². The molecular formula is C45H27N3OS. The van der Waals surface area contributed by atoms with Crippen LogP contribution in [0.3, 0.4) is 0 Å². The molecule has 0 aliphatic heterocycles. The van der Waals surface area contributed by atoms with E-state index < -0.39 is 66.0 Å². The van der Waals surface area contributed by atoms with E-state index in [1.807, 2.05) is 97.1 Å². The third kappa shape index (κ3) is 4.87. The first-order chi connectivity index (χ1) is 29.3. The van der Waals surface area contributed by atoms with Crippen molar-refractivity contribution >= 4 is 53.4 Å². The molecular weight excluding hydrogens is 631 g/mol. The Morgan fingerprint density at radius 2 is 1.16 bits per heavy atom. The summed E-state index contributed by atoms with van der Waals surface area (Å²) < 4.78 is 103. The van der Waals surface area contributed by atoms with Crippen LogP contribution < -0.4 is 0 Å². The molecule has 0 spiro atoms. The summed E-state index contributed by atoms with van der Waals surface area (Å²) in [6.07, 6.45) is 0. The van der Waals surface area contributed by atoms with Crippen molar-refractivity contribution in [1.29, 1.82) is 0 Å². The van der Waals surface area contributed by atoms with Crippen molar-refractivity contribution < 1.29 is 19.5 Å². The maximum atomic E-state index is 9.40. The van der Waals surface area contributed by atoms with Crippen LogP contribution in [0, 0.1) is 0 Å². The predicted octanol–water partition coefficient (Wildman–Crippen LogP) is 12.5. The van der Waals surface area contributed by atoms with Crippen LogP contribution in [-0.2, 0) is 0 Å². The minimum atomic E-state index is -0.664. The van der Waals surface area contributed by atoms with Gasteiger partial charge in [-0.05, 0) is 58.6 Å². The molecule has 3 heterocycles. The minimum Gasteiger partial charge on any atom is -0.456 e. The number of nitrogens with zero attached hydrogens (tertiary/aromatic N) is 3. The molecule has 234 valence electrons. The van der Waals surface area contributed by atoms with Gasteiger partial charge in [0.2, 0.25) is 0 Å². The van der Waals surface area contributed by atoms with Gasteiger partial charge in [0.15, 0.2) is 17.5 Å². The molecule has 0 amide bonds. The number of para-hydroxylation sites is 1. The molecule has 0 N–H and O–H groups in total. The Kier molecular flexibility index (Phi) is 4.54.